The summed E-state index contributed by atoms with van der Waals surface area (Å²) in [6, 6.07) is 5.17. The van der Waals surface area contributed by atoms with E-state index >= 15 is 0 Å². The van der Waals surface area contributed by atoms with Crippen LogP contribution in [0.4, 0.5) is 13.2 Å². The van der Waals surface area contributed by atoms with Crippen molar-refractivity contribution >= 4 is 0 Å². The first kappa shape index (κ1) is 15.3. The van der Waals surface area contributed by atoms with Crippen molar-refractivity contribution in [2.75, 3.05) is 26.4 Å². The zero-order valence-corrected chi connectivity index (χ0v) is 11.2. The maximum absolute atomic E-state index is 12.5. The summed E-state index contributed by atoms with van der Waals surface area (Å²) in [6.45, 7) is 4.27. The molecule has 1 aliphatic heterocycles. The largest absolute Gasteiger partial charge is 0.416 e. The highest BCUT2D eigenvalue weighted by Gasteiger charge is 2.30. The number of alkyl halides is 3. The first-order valence-corrected chi connectivity index (χ1v) is 6.56. The molecule has 1 saturated heterocycles. The predicted molar refractivity (Wildman–Crippen MR) is 68.4 cm³/mol. The van der Waals surface area contributed by atoms with E-state index in [4.69, 9.17) is 9.47 Å². The highest BCUT2D eigenvalue weighted by molar-refractivity contribution is 5.26. The summed E-state index contributed by atoms with van der Waals surface area (Å²) in [5.74, 6) is 0. The Labute approximate surface area is 116 Å². The van der Waals surface area contributed by atoms with Gasteiger partial charge in [0.1, 0.15) is 0 Å². The smallest absolute Gasteiger partial charge is 0.376 e. The van der Waals surface area contributed by atoms with E-state index in [9.17, 15) is 13.2 Å². The van der Waals surface area contributed by atoms with E-state index < -0.39 is 11.7 Å². The third kappa shape index (κ3) is 4.19. The Kier molecular flexibility index (Phi) is 5.01. The van der Waals surface area contributed by atoms with Crippen molar-refractivity contribution in [1.82, 2.24) is 5.32 Å². The van der Waals surface area contributed by atoms with E-state index in [0.29, 0.717) is 26.4 Å². The molecule has 0 bridgehead atoms. The molecule has 0 spiro atoms. The van der Waals surface area contributed by atoms with Crippen LogP contribution >= 0.6 is 0 Å². The summed E-state index contributed by atoms with van der Waals surface area (Å²) in [4.78, 5) is 0. The summed E-state index contributed by atoms with van der Waals surface area (Å²) in [7, 11) is 0. The molecule has 3 nitrogen and oxygen atoms in total. The van der Waals surface area contributed by atoms with Gasteiger partial charge >= 0.3 is 6.18 Å². The van der Waals surface area contributed by atoms with Gasteiger partial charge < -0.3 is 14.8 Å². The minimum atomic E-state index is -4.29. The average molecular weight is 289 g/mol. The number of hydrogen-bond acceptors (Lipinski definition) is 3. The standard InChI is InChI=1S/C14H18F3NO2/c1-10(18-8-13-9-19-6-7-20-13)11-2-4-12(5-3-11)14(15,16)17/h2-5,10,13,18H,6-9H2,1H3. The molecule has 0 saturated carbocycles. The summed E-state index contributed by atoms with van der Waals surface area (Å²) >= 11 is 0. The summed E-state index contributed by atoms with van der Waals surface area (Å²) < 4.78 is 48.2. The molecule has 1 aromatic carbocycles. The normalized spacial score (nSPS) is 21.7. The van der Waals surface area contributed by atoms with Crippen LogP contribution in [-0.4, -0.2) is 32.5 Å². The van der Waals surface area contributed by atoms with Gasteiger partial charge in [-0.25, -0.2) is 0 Å². The van der Waals surface area contributed by atoms with Crippen LogP contribution in [-0.2, 0) is 15.7 Å². The predicted octanol–water partition coefficient (Wildman–Crippen LogP) is 2.77. The monoisotopic (exact) mass is 289 g/mol. The Morgan fingerprint density at radius 3 is 2.50 bits per heavy atom. The Balaban J connectivity index is 1.87. The third-order valence-corrected chi connectivity index (χ3v) is 3.27. The molecule has 0 aromatic heterocycles. The van der Waals surface area contributed by atoms with Gasteiger partial charge in [-0.3, -0.25) is 0 Å². The molecule has 1 aliphatic rings. The van der Waals surface area contributed by atoms with E-state index in [0.717, 1.165) is 17.7 Å². The summed E-state index contributed by atoms with van der Waals surface area (Å²) in [6.07, 6.45) is -4.29. The maximum Gasteiger partial charge on any atom is 0.416 e. The van der Waals surface area contributed by atoms with Crippen LogP contribution in [0.2, 0.25) is 0 Å². The van der Waals surface area contributed by atoms with Gasteiger partial charge in [0.25, 0.3) is 0 Å². The van der Waals surface area contributed by atoms with Gasteiger partial charge in [0, 0.05) is 12.6 Å². The lowest BCUT2D eigenvalue weighted by Gasteiger charge is -2.25. The topological polar surface area (TPSA) is 30.5 Å². The van der Waals surface area contributed by atoms with Crippen LogP contribution in [0, 0.1) is 0 Å². The Morgan fingerprint density at radius 2 is 1.95 bits per heavy atom. The molecule has 6 heteroatoms. The number of hydrogen-bond donors (Lipinski definition) is 1. The van der Waals surface area contributed by atoms with Crippen LogP contribution in [0.1, 0.15) is 24.1 Å². The molecular formula is C14H18F3NO2. The average Bonchev–Trinajstić information content (AvgIpc) is 2.45. The zero-order chi connectivity index (χ0) is 14.6. The number of nitrogens with one attached hydrogen (secondary N) is 1. The van der Waals surface area contributed by atoms with Gasteiger partial charge in [-0.05, 0) is 24.6 Å². The fourth-order valence-corrected chi connectivity index (χ4v) is 2.04. The molecule has 0 radical (unpaired) electrons. The molecule has 2 rings (SSSR count). The minimum absolute atomic E-state index is 0.000600. The fourth-order valence-electron chi connectivity index (χ4n) is 2.04. The molecule has 1 heterocycles. The van der Waals surface area contributed by atoms with Gasteiger partial charge in [-0.2, -0.15) is 13.2 Å². The SMILES string of the molecule is CC(NCC1COCCO1)c1ccc(C(F)(F)F)cc1. The number of ether oxygens (including phenoxy) is 2. The number of halogens is 3. The highest BCUT2D eigenvalue weighted by Crippen LogP contribution is 2.29. The third-order valence-electron chi connectivity index (χ3n) is 3.27. The Hall–Kier alpha value is -1.11. The first-order chi connectivity index (χ1) is 9.47. The second kappa shape index (κ2) is 6.56. The van der Waals surface area contributed by atoms with Crippen LogP contribution in [0.15, 0.2) is 24.3 Å². The van der Waals surface area contributed by atoms with Crippen molar-refractivity contribution in [2.45, 2.75) is 25.2 Å². The molecule has 20 heavy (non-hydrogen) atoms. The van der Waals surface area contributed by atoms with Crippen molar-refractivity contribution in [3.63, 3.8) is 0 Å². The maximum atomic E-state index is 12.5. The van der Waals surface area contributed by atoms with E-state index in [2.05, 4.69) is 5.32 Å². The van der Waals surface area contributed by atoms with Gasteiger partial charge in [-0.15, -0.1) is 0 Å². The number of benzene rings is 1. The highest BCUT2D eigenvalue weighted by atomic mass is 19.4. The molecule has 1 aromatic rings. The van der Waals surface area contributed by atoms with Crippen LogP contribution in [0.3, 0.4) is 0 Å². The molecule has 2 atom stereocenters. The lowest BCUT2D eigenvalue weighted by molar-refractivity contribution is -0.137. The second-order valence-electron chi connectivity index (χ2n) is 4.82. The Bertz CT molecular complexity index is 413. The van der Waals surface area contributed by atoms with Crippen molar-refractivity contribution < 1.29 is 22.6 Å². The van der Waals surface area contributed by atoms with Crippen molar-refractivity contribution in [3.05, 3.63) is 35.4 Å². The zero-order valence-electron chi connectivity index (χ0n) is 11.2. The van der Waals surface area contributed by atoms with Crippen molar-refractivity contribution in [3.8, 4) is 0 Å². The van der Waals surface area contributed by atoms with Gasteiger partial charge in [0.15, 0.2) is 0 Å². The molecule has 112 valence electrons. The van der Waals surface area contributed by atoms with E-state index in [1.807, 2.05) is 6.92 Å². The van der Waals surface area contributed by atoms with Crippen molar-refractivity contribution in [2.24, 2.45) is 0 Å². The van der Waals surface area contributed by atoms with Crippen LogP contribution in [0.25, 0.3) is 0 Å². The molecule has 1 fully saturated rings. The fraction of sp³-hybridized carbons (Fsp3) is 0.571. The van der Waals surface area contributed by atoms with Gasteiger partial charge in [0.2, 0.25) is 0 Å². The van der Waals surface area contributed by atoms with Crippen molar-refractivity contribution in [1.29, 1.82) is 0 Å². The minimum Gasteiger partial charge on any atom is -0.376 e. The van der Waals surface area contributed by atoms with E-state index in [1.165, 1.54) is 12.1 Å². The van der Waals surface area contributed by atoms with Gasteiger partial charge in [-0.1, -0.05) is 12.1 Å². The summed E-state index contributed by atoms with van der Waals surface area (Å²) in [5.41, 5.74) is 0.187. The van der Waals surface area contributed by atoms with E-state index in [1.54, 1.807) is 0 Å². The molecular weight excluding hydrogens is 271 g/mol. The van der Waals surface area contributed by atoms with Crippen LogP contribution in [0.5, 0.6) is 0 Å². The molecule has 0 aliphatic carbocycles. The second-order valence-corrected chi connectivity index (χ2v) is 4.82. The molecule has 1 N–H and O–H groups in total. The lowest BCUT2D eigenvalue weighted by Crippen LogP contribution is -2.38. The Morgan fingerprint density at radius 1 is 1.25 bits per heavy atom. The number of rotatable bonds is 4. The molecule has 2 unspecified atom stereocenters. The van der Waals surface area contributed by atoms with Gasteiger partial charge in [0.05, 0.1) is 31.5 Å². The first-order valence-electron chi connectivity index (χ1n) is 6.56. The quantitative estimate of drug-likeness (QED) is 0.924. The molecule has 0 amide bonds. The van der Waals surface area contributed by atoms with E-state index in [-0.39, 0.29) is 12.1 Å². The lowest BCUT2D eigenvalue weighted by atomic mass is 10.1. The summed E-state index contributed by atoms with van der Waals surface area (Å²) in [5, 5.41) is 3.24. The van der Waals surface area contributed by atoms with Crippen LogP contribution < -0.4 is 5.32 Å².